The topological polar surface area (TPSA) is 88.5 Å². The van der Waals surface area contributed by atoms with Crippen LogP contribution in [-0.4, -0.2) is 28.9 Å². The molecule has 21 heavy (non-hydrogen) atoms. The lowest BCUT2D eigenvalue weighted by Gasteiger charge is -2.19. The normalized spacial score (nSPS) is 15.1. The lowest BCUT2D eigenvalue weighted by atomic mass is 9.81. The molecule has 0 aromatic heterocycles. The zero-order valence-electron chi connectivity index (χ0n) is 11.2. The molecule has 0 saturated heterocycles. The lowest BCUT2D eigenvalue weighted by Crippen LogP contribution is -2.26. The minimum Gasteiger partial charge on any atom is -0.481 e. The number of carboxylic acid groups (broad SMARTS) is 1. The molecule has 5 nitrogen and oxygen atoms in total. The van der Waals surface area contributed by atoms with E-state index >= 15 is 0 Å². The van der Waals surface area contributed by atoms with Crippen molar-refractivity contribution < 1.29 is 24.3 Å². The van der Waals surface area contributed by atoms with Crippen molar-refractivity contribution in [2.45, 2.75) is 19.3 Å². The average molecular weight is 286 g/mol. The number of allylic oxidation sites excluding steroid dienone is 1. The molecule has 1 atom stereocenters. The molecule has 1 N–H and O–H groups in total. The highest BCUT2D eigenvalue weighted by atomic mass is 16.4. The number of hydrogen-bond donors (Lipinski definition) is 1. The Labute approximate surface area is 121 Å². The molecule has 1 aliphatic carbocycles. The third-order valence-corrected chi connectivity index (χ3v) is 3.47. The fourth-order valence-electron chi connectivity index (χ4n) is 2.41. The van der Waals surface area contributed by atoms with Crippen LogP contribution in [0.25, 0.3) is 0 Å². The number of fused-ring (bicyclic) bond motifs is 1. The van der Waals surface area contributed by atoms with Crippen LogP contribution in [-0.2, 0) is 9.59 Å². The Balaban J connectivity index is 2.34. The van der Waals surface area contributed by atoms with Crippen molar-refractivity contribution in [2.75, 3.05) is 0 Å². The van der Waals surface area contributed by atoms with Gasteiger partial charge in [-0.05, 0) is 18.9 Å². The number of carbonyl (C=O) groups is 4. The zero-order chi connectivity index (χ0) is 15.4. The first-order valence-electron chi connectivity index (χ1n) is 6.62. The van der Waals surface area contributed by atoms with E-state index in [0.29, 0.717) is 18.3 Å². The number of carboxylic acids is 1. The molecule has 1 aromatic rings. The van der Waals surface area contributed by atoms with Crippen molar-refractivity contribution in [3.05, 3.63) is 47.0 Å². The van der Waals surface area contributed by atoms with Crippen molar-refractivity contribution in [3.8, 4) is 0 Å². The Morgan fingerprint density at radius 3 is 2.48 bits per heavy atom. The van der Waals surface area contributed by atoms with E-state index in [1.54, 1.807) is 18.2 Å². The molecule has 0 bridgehead atoms. The van der Waals surface area contributed by atoms with Crippen LogP contribution >= 0.6 is 0 Å². The molecule has 0 amide bonds. The summed E-state index contributed by atoms with van der Waals surface area (Å²) in [6.07, 6.45) is 2.57. The summed E-state index contributed by atoms with van der Waals surface area (Å²) in [4.78, 5) is 46.1. The highest BCUT2D eigenvalue weighted by Gasteiger charge is 2.33. The van der Waals surface area contributed by atoms with Crippen LogP contribution in [0, 0.1) is 5.92 Å². The van der Waals surface area contributed by atoms with Gasteiger partial charge >= 0.3 is 5.97 Å². The molecule has 0 heterocycles. The molecule has 2 rings (SSSR count). The van der Waals surface area contributed by atoms with Gasteiger partial charge in [-0.25, -0.2) is 0 Å². The molecule has 0 spiro atoms. The number of ketones is 2. The summed E-state index contributed by atoms with van der Waals surface area (Å²) in [5.41, 5.74) is 0.530. The summed E-state index contributed by atoms with van der Waals surface area (Å²) in [7, 11) is 0. The fraction of sp³-hybridized carbons (Fsp3) is 0.250. The van der Waals surface area contributed by atoms with Crippen LogP contribution < -0.4 is 0 Å². The van der Waals surface area contributed by atoms with Gasteiger partial charge in [0.15, 0.2) is 11.6 Å². The number of aliphatic carboxylic acids is 1. The third-order valence-electron chi connectivity index (χ3n) is 3.47. The predicted octanol–water partition coefficient (Wildman–Crippen LogP) is 2.06. The van der Waals surface area contributed by atoms with E-state index in [0.717, 1.165) is 6.08 Å². The minimum atomic E-state index is -1.16. The summed E-state index contributed by atoms with van der Waals surface area (Å²) in [5.74, 6) is -3.01. The SMILES string of the molecule is O=CCCCC(C(=O)O)C1=CC(=O)c2ccccc2C1=O. The predicted molar refractivity (Wildman–Crippen MR) is 74.2 cm³/mol. The van der Waals surface area contributed by atoms with Crippen molar-refractivity contribution in [1.29, 1.82) is 0 Å². The molecule has 0 fully saturated rings. The van der Waals surface area contributed by atoms with Gasteiger partial charge in [-0.3, -0.25) is 14.4 Å². The standard InChI is InChI=1S/C16H14O5/c17-8-4-3-7-12(16(20)21)13-9-14(18)10-5-1-2-6-11(10)15(13)19/h1-2,5-6,8-9,12H,3-4,7H2,(H,20,21). The Hall–Kier alpha value is -2.56. The van der Waals surface area contributed by atoms with Crippen molar-refractivity contribution in [3.63, 3.8) is 0 Å². The van der Waals surface area contributed by atoms with Gasteiger partial charge in [0, 0.05) is 23.1 Å². The summed E-state index contributed by atoms with van der Waals surface area (Å²) in [6, 6.07) is 6.36. The third kappa shape index (κ3) is 2.97. The van der Waals surface area contributed by atoms with E-state index in [4.69, 9.17) is 0 Å². The highest BCUT2D eigenvalue weighted by molar-refractivity contribution is 6.25. The quantitative estimate of drug-likeness (QED) is 0.638. The number of benzene rings is 1. The molecule has 1 aliphatic rings. The first kappa shape index (κ1) is 14.8. The van der Waals surface area contributed by atoms with Gasteiger partial charge in [-0.2, -0.15) is 0 Å². The zero-order valence-corrected chi connectivity index (χ0v) is 11.2. The number of aldehydes is 1. The summed E-state index contributed by atoms with van der Waals surface area (Å²) >= 11 is 0. The van der Waals surface area contributed by atoms with Crippen LogP contribution in [0.1, 0.15) is 40.0 Å². The molecule has 1 unspecified atom stereocenters. The average Bonchev–Trinajstić information content (AvgIpc) is 2.48. The van der Waals surface area contributed by atoms with Crippen molar-refractivity contribution in [2.24, 2.45) is 5.92 Å². The molecule has 0 saturated carbocycles. The van der Waals surface area contributed by atoms with Crippen molar-refractivity contribution in [1.82, 2.24) is 0 Å². The van der Waals surface area contributed by atoms with E-state index in [1.807, 2.05) is 0 Å². The van der Waals surface area contributed by atoms with E-state index < -0.39 is 17.7 Å². The van der Waals surface area contributed by atoms with Crippen LogP contribution in [0.15, 0.2) is 35.9 Å². The molecule has 0 aliphatic heterocycles. The van der Waals surface area contributed by atoms with E-state index in [1.165, 1.54) is 6.07 Å². The van der Waals surface area contributed by atoms with Gasteiger partial charge in [0.25, 0.3) is 0 Å². The molecule has 108 valence electrons. The number of carbonyl (C=O) groups excluding carboxylic acids is 3. The lowest BCUT2D eigenvalue weighted by molar-refractivity contribution is -0.140. The highest BCUT2D eigenvalue weighted by Crippen LogP contribution is 2.28. The summed E-state index contributed by atoms with van der Waals surface area (Å²) in [6.45, 7) is 0. The van der Waals surface area contributed by atoms with Gasteiger partial charge < -0.3 is 9.90 Å². The minimum absolute atomic E-state index is 0.00269. The maximum absolute atomic E-state index is 12.4. The molecule has 5 heteroatoms. The van der Waals surface area contributed by atoms with E-state index in [-0.39, 0.29) is 29.8 Å². The Morgan fingerprint density at radius 1 is 1.19 bits per heavy atom. The second-order valence-electron chi connectivity index (χ2n) is 4.83. The fourth-order valence-corrected chi connectivity index (χ4v) is 2.41. The van der Waals surface area contributed by atoms with Gasteiger partial charge in [-0.15, -0.1) is 0 Å². The van der Waals surface area contributed by atoms with Gasteiger partial charge in [0.1, 0.15) is 6.29 Å². The number of rotatable bonds is 6. The number of Topliss-reactive ketones (excluding diaryl/α,β-unsaturated/α-hetero) is 1. The maximum atomic E-state index is 12.4. The van der Waals surface area contributed by atoms with E-state index in [9.17, 15) is 24.3 Å². The molecule has 0 radical (unpaired) electrons. The largest absolute Gasteiger partial charge is 0.481 e. The smallest absolute Gasteiger partial charge is 0.311 e. The summed E-state index contributed by atoms with van der Waals surface area (Å²) < 4.78 is 0. The number of unbranched alkanes of at least 4 members (excludes halogenated alkanes) is 1. The molecule has 1 aromatic carbocycles. The second-order valence-corrected chi connectivity index (χ2v) is 4.83. The Bertz CT molecular complexity index is 642. The van der Waals surface area contributed by atoms with Gasteiger partial charge in [-0.1, -0.05) is 24.3 Å². The van der Waals surface area contributed by atoms with Gasteiger partial charge in [0.2, 0.25) is 0 Å². The van der Waals surface area contributed by atoms with Crippen LogP contribution in [0.4, 0.5) is 0 Å². The van der Waals surface area contributed by atoms with Gasteiger partial charge in [0.05, 0.1) is 5.92 Å². The first-order valence-corrected chi connectivity index (χ1v) is 6.62. The monoisotopic (exact) mass is 286 g/mol. The first-order chi connectivity index (χ1) is 10.1. The second kappa shape index (κ2) is 6.26. The summed E-state index contributed by atoms with van der Waals surface area (Å²) in [5, 5.41) is 9.28. The Morgan fingerprint density at radius 2 is 1.86 bits per heavy atom. The maximum Gasteiger partial charge on any atom is 0.311 e. The number of hydrogen-bond acceptors (Lipinski definition) is 4. The molecular weight excluding hydrogens is 272 g/mol. The Kier molecular flexibility index (Phi) is 4.42. The molecular formula is C16H14O5. The van der Waals surface area contributed by atoms with E-state index in [2.05, 4.69) is 0 Å². The van der Waals surface area contributed by atoms with Crippen LogP contribution in [0.3, 0.4) is 0 Å². The van der Waals surface area contributed by atoms with Crippen LogP contribution in [0.5, 0.6) is 0 Å². The van der Waals surface area contributed by atoms with Crippen molar-refractivity contribution >= 4 is 23.8 Å². The van der Waals surface area contributed by atoms with Crippen LogP contribution in [0.2, 0.25) is 0 Å².